The average Bonchev–Trinajstić information content (AvgIpc) is 2.91. The molecule has 0 unspecified atom stereocenters. The molecular formula is C25H29N3O3. The monoisotopic (exact) mass is 419 g/mol. The van der Waals surface area contributed by atoms with Crippen molar-refractivity contribution in [1.82, 2.24) is 10.2 Å². The van der Waals surface area contributed by atoms with E-state index in [0.717, 1.165) is 53.1 Å². The van der Waals surface area contributed by atoms with Crippen molar-refractivity contribution in [3.63, 3.8) is 0 Å². The summed E-state index contributed by atoms with van der Waals surface area (Å²) in [6.07, 6.45) is 4.37. The predicted molar refractivity (Wildman–Crippen MR) is 120 cm³/mol. The fourth-order valence-electron chi connectivity index (χ4n) is 4.89. The molecule has 2 aliphatic rings. The fourth-order valence-corrected chi connectivity index (χ4v) is 4.89. The van der Waals surface area contributed by atoms with Gasteiger partial charge >= 0.3 is 6.03 Å². The van der Waals surface area contributed by atoms with E-state index in [1.807, 2.05) is 62.4 Å². The van der Waals surface area contributed by atoms with Gasteiger partial charge in [0.15, 0.2) is 0 Å². The molecule has 0 atom stereocenters. The van der Waals surface area contributed by atoms with Crippen LogP contribution in [0.2, 0.25) is 0 Å². The number of carbonyl (C=O) groups excluding carboxylic acids is 3. The molecule has 31 heavy (non-hydrogen) atoms. The van der Waals surface area contributed by atoms with E-state index in [0.29, 0.717) is 12.8 Å². The Kier molecular flexibility index (Phi) is 5.81. The Morgan fingerprint density at radius 2 is 1.42 bits per heavy atom. The van der Waals surface area contributed by atoms with Gasteiger partial charge in [-0.15, -0.1) is 0 Å². The molecule has 2 aromatic rings. The van der Waals surface area contributed by atoms with Gasteiger partial charge in [-0.1, -0.05) is 63.1 Å². The lowest BCUT2D eigenvalue weighted by Gasteiger charge is -2.28. The van der Waals surface area contributed by atoms with Crippen LogP contribution in [0.5, 0.6) is 0 Å². The minimum absolute atomic E-state index is 0.275. The number of amides is 4. The minimum Gasteiger partial charge on any atom is -0.323 e. The number of hydrogen-bond donors (Lipinski definition) is 1. The number of fused-ring (bicyclic) bond motifs is 2. The van der Waals surface area contributed by atoms with Gasteiger partial charge in [0.2, 0.25) is 0 Å². The van der Waals surface area contributed by atoms with Crippen LogP contribution in [0.25, 0.3) is 0 Å². The lowest BCUT2D eigenvalue weighted by Crippen LogP contribution is -2.47. The van der Waals surface area contributed by atoms with E-state index in [2.05, 4.69) is 5.32 Å². The smallest absolute Gasteiger partial charge is 0.323 e. The Morgan fingerprint density at radius 3 is 1.94 bits per heavy atom. The largest absolute Gasteiger partial charge is 0.325 e. The molecule has 0 radical (unpaired) electrons. The van der Waals surface area contributed by atoms with E-state index >= 15 is 0 Å². The first kappa shape index (κ1) is 21.1. The lowest BCUT2D eigenvalue weighted by atomic mass is 9.88. The Labute approximate surface area is 183 Å². The second kappa shape index (κ2) is 8.53. The van der Waals surface area contributed by atoms with E-state index in [-0.39, 0.29) is 18.4 Å². The normalized spacial score (nSPS) is 17.1. The number of imide groups is 1. The molecule has 0 bridgehead atoms. The molecule has 2 aliphatic heterocycles. The Morgan fingerprint density at radius 1 is 0.903 bits per heavy atom. The van der Waals surface area contributed by atoms with Crippen LogP contribution in [0, 0.1) is 0 Å². The van der Waals surface area contributed by atoms with Crippen LogP contribution >= 0.6 is 0 Å². The summed E-state index contributed by atoms with van der Waals surface area (Å²) >= 11 is 0. The minimum atomic E-state index is -0.893. The second-order valence-electron chi connectivity index (χ2n) is 8.39. The third-order valence-corrected chi connectivity index (χ3v) is 6.27. The molecule has 6 heteroatoms. The number of anilines is 2. The van der Waals surface area contributed by atoms with Crippen molar-refractivity contribution in [3.05, 3.63) is 59.7 Å². The van der Waals surface area contributed by atoms with Gasteiger partial charge in [0.1, 0.15) is 12.1 Å². The number of hydrogen-bond acceptors (Lipinski definition) is 3. The van der Waals surface area contributed by atoms with Gasteiger partial charge in [0.25, 0.3) is 11.8 Å². The van der Waals surface area contributed by atoms with Gasteiger partial charge in [-0.05, 0) is 48.9 Å². The second-order valence-corrected chi connectivity index (χ2v) is 8.39. The number of nitrogens with zero attached hydrogens (tertiary/aromatic N) is 2. The molecule has 2 heterocycles. The van der Waals surface area contributed by atoms with Crippen LogP contribution in [0.1, 0.15) is 50.7 Å². The van der Waals surface area contributed by atoms with Crippen molar-refractivity contribution in [2.75, 3.05) is 11.4 Å². The standard InChI is InChI=1S/C25H29N3O3/c1-3-15-25(16-4-2)23(30)27(24(31)26-25)17-22(29)28-20-11-7-5-9-18(20)13-14-19-10-6-8-12-21(19)28/h5-12H,3-4,13-17H2,1-2H3,(H,26,31). The maximum absolute atomic E-state index is 13.6. The summed E-state index contributed by atoms with van der Waals surface area (Å²) in [4.78, 5) is 42.4. The zero-order valence-corrected chi connectivity index (χ0v) is 18.2. The van der Waals surface area contributed by atoms with Crippen molar-refractivity contribution in [2.45, 2.75) is 57.9 Å². The number of urea groups is 1. The Hall–Kier alpha value is -3.15. The van der Waals surface area contributed by atoms with Crippen LogP contribution < -0.4 is 10.2 Å². The molecule has 4 rings (SSSR count). The molecule has 1 fully saturated rings. The number of aryl methyl sites for hydroxylation is 2. The summed E-state index contributed by atoms with van der Waals surface area (Å²) in [7, 11) is 0. The topological polar surface area (TPSA) is 69.7 Å². The molecule has 1 saturated heterocycles. The fraction of sp³-hybridized carbons (Fsp3) is 0.400. The number of nitrogens with one attached hydrogen (secondary N) is 1. The lowest BCUT2D eigenvalue weighted by molar-refractivity contribution is -0.134. The molecule has 0 spiro atoms. The molecule has 0 aromatic heterocycles. The molecular weight excluding hydrogens is 390 g/mol. The van der Waals surface area contributed by atoms with E-state index < -0.39 is 11.6 Å². The maximum atomic E-state index is 13.6. The van der Waals surface area contributed by atoms with Crippen LogP contribution in [-0.4, -0.2) is 34.8 Å². The summed E-state index contributed by atoms with van der Waals surface area (Å²) in [6, 6.07) is 15.2. The quantitative estimate of drug-likeness (QED) is 0.708. The van der Waals surface area contributed by atoms with Gasteiger partial charge in [-0.2, -0.15) is 0 Å². The maximum Gasteiger partial charge on any atom is 0.325 e. The van der Waals surface area contributed by atoms with Crippen molar-refractivity contribution in [1.29, 1.82) is 0 Å². The van der Waals surface area contributed by atoms with Crippen molar-refractivity contribution in [2.24, 2.45) is 0 Å². The third-order valence-electron chi connectivity index (χ3n) is 6.27. The summed E-state index contributed by atoms with van der Waals surface area (Å²) in [5.41, 5.74) is 2.90. The highest BCUT2D eigenvalue weighted by Gasteiger charge is 2.50. The van der Waals surface area contributed by atoms with Gasteiger partial charge in [-0.25, -0.2) is 4.79 Å². The van der Waals surface area contributed by atoms with E-state index in [1.54, 1.807) is 4.90 Å². The molecule has 1 N–H and O–H groups in total. The van der Waals surface area contributed by atoms with Crippen LogP contribution in [0.15, 0.2) is 48.5 Å². The number of benzene rings is 2. The summed E-state index contributed by atoms with van der Waals surface area (Å²) in [6.45, 7) is 3.72. The van der Waals surface area contributed by atoms with Crippen molar-refractivity contribution >= 4 is 29.2 Å². The molecule has 162 valence electrons. The first-order chi connectivity index (χ1) is 15.0. The number of carbonyl (C=O) groups is 3. The highest BCUT2D eigenvalue weighted by molar-refractivity contribution is 6.12. The van der Waals surface area contributed by atoms with Crippen molar-refractivity contribution in [3.8, 4) is 0 Å². The van der Waals surface area contributed by atoms with Gasteiger partial charge in [0, 0.05) is 0 Å². The summed E-state index contributed by atoms with van der Waals surface area (Å²) in [5.74, 6) is -0.569. The zero-order chi connectivity index (χ0) is 22.0. The van der Waals surface area contributed by atoms with E-state index in [4.69, 9.17) is 0 Å². The van der Waals surface area contributed by atoms with E-state index in [9.17, 15) is 14.4 Å². The molecule has 0 aliphatic carbocycles. The Bertz CT molecular complexity index is 963. The summed E-state index contributed by atoms with van der Waals surface area (Å²) in [5, 5.41) is 2.89. The Balaban J connectivity index is 1.68. The predicted octanol–water partition coefficient (Wildman–Crippen LogP) is 4.34. The zero-order valence-electron chi connectivity index (χ0n) is 18.2. The first-order valence-corrected chi connectivity index (χ1v) is 11.1. The first-order valence-electron chi connectivity index (χ1n) is 11.1. The van der Waals surface area contributed by atoms with Gasteiger partial charge in [-0.3, -0.25) is 19.4 Å². The SMILES string of the molecule is CCCC1(CCC)NC(=O)N(CC(=O)N2c3ccccc3CCc3ccccc32)C1=O. The number of para-hydroxylation sites is 2. The highest BCUT2D eigenvalue weighted by atomic mass is 16.2. The molecule has 2 aromatic carbocycles. The van der Waals surface area contributed by atoms with E-state index in [1.165, 1.54) is 0 Å². The van der Waals surface area contributed by atoms with Gasteiger partial charge < -0.3 is 5.32 Å². The van der Waals surface area contributed by atoms with Crippen LogP contribution in [0.4, 0.5) is 16.2 Å². The summed E-state index contributed by atoms with van der Waals surface area (Å²) < 4.78 is 0. The third kappa shape index (κ3) is 3.71. The van der Waals surface area contributed by atoms with Crippen LogP contribution in [0.3, 0.4) is 0 Å². The number of rotatable bonds is 6. The average molecular weight is 420 g/mol. The molecule has 0 saturated carbocycles. The van der Waals surface area contributed by atoms with Crippen molar-refractivity contribution < 1.29 is 14.4 Å². The van der Waals surface area contributed by atoms with Crippen LogP contribution in [-0.2, 0) is 22.4 Å². The highest BCUT2D eigenvalue weighted by Crippen LogP contribution is 2.36. The molecule has 6 nitrogen and oxygen atoms in total. The molecule has 4 amide bonds. The van der Waals surface area contributed by atoms with Gasteiger partial charge in [0.05, 0.1) is 11.4 Å².